The number of anilines is 3. The minimum absolute atomic E-state index is 0.0925. The van der Waals surface area contributed by atoms with Crippen LogP contribution < -0.4 is 16.0 Å². The number of nitrogens with zero attached hydrogens (tertiary/aromatic N) is 2. The first kappa shape index (κ1) is 31.0. The Morgan fingerprint density at radius 1 is 0.571 bits per heavy atom. The summed E-state index contributed by atoms with van der Waals surface area (Å²) in [6, 6.07) is 51.8. The Balaban J connectivity index is 1.22. The van der Waals surface area contributed by atoms with E-state index < -0.39 is 0 Å². The molecule has 4 nitrogen and oxygen atoms in total. The monoisotopic (exact) mass is 638 g/mol. The summed E-state index contributed by atoms with van der Waals surface area (Å²) in [6.45, 7) is 9.43. The molecule has 0 aromatic heterocycles. The number of para-hydroxylation sites is 1. The van der Waals surface area contributed by atoms with Crippen molar-refractivity contribution in [3.63, 3.8) is 0 Å². The third-order valence-electron chi connectivity index (χ3n) is 10.6. The van der Waals surface area contributed by atoms with E-state index >= 15 is 0 Å². The molecule has 6 aromatic rings. The molecule has 0 saturated carbocycles. The molecule has 1 heterocycles. The second kappa shape index (κ2) is 12.0. The zero-order valence-electron chi connectivity index (χ0n) is 28.6. The van der Waals surface area contributed by atoms with Crippen molar-refractivity contribution < 1.29 is 0 Å². The van der Waals surface area contributed by atoms with Crippen LogP contribution in [0.5, 0.6) is 0 Å². The molecule has 0 bridgehead atoms. The SMILES string of the molecule is CC1(C)c2ccccc2-c2cc3c(cc21)N(c1ccc(C(/N=C/c2ccccc2)NC(N)c2ccccc2)cc1)c1ccccc1C3(C)C. The first-order valence-electron chi connectivity index (χ1n) is 17.2. The molecule has 49 heavy (non-hydrogen) atoms. The highest BCUT2D eigenvalue weighted by Crippen LogP contribution is 2.57. The van der Waals surface area contributed by atoms with Gasteiger partial charge in [0.1, 0.15) is 6.17 Å². The maximum absolute atomic E-state index is 6.69. The van der Waals surface area contributed by atoms with Crippen LogP contribution in [0.25, 0.3) is 11.1 Å². The van der Waals surface area contributed by atoms with E-state index in [9.17, 15) is 0 Å². The molecule has 8 rings (SSSR count). The van der Waals surface area contributed by atoms with Crippen molar-refractivity contribution in [3.05, 3.63) is 185 Å². The highest BCUT2D eigenvalue weighted by atomic mass is 15.2. The van der Waals surface area contributed by atoms with E-state index in [0.717, 1.165) is 22.4 Å². The van der Waals surface area contributed by atoms with Crippen LogP contribution >= 0.6 is 0 Å². The molecule has 6 aromatic carbocycles. The van der Waals surface area contributed by atoms with Crippen LogP contribution in [-0.4, -0.2) is 6.21 Å². The largest absolute Gasteiger partial charge is 0.312 e. The molecule has 0 fully saturated rings. The number of hydrogen-bond donors (Lipinski definition) is 2. The Labute approximate surface area is 290 Å². The lowest BCUT2D eigenvalue weighted by molar-refractivity contribution is 0.467. The van der Waals surface area contributed by atoms with Crippen molar-refractivity contribution in [2.24, 2.45) is 10.7 Å². The van der Waals surface area contributed by atoms with Gasteiger partial charge in [-0.3, -0.25) is 10.3 Å². The summed E-state index contributed by atoms with van der Waals surface area (Å²) in [5.41, 5.74) is 21.2. The number of nitrogens with one attached hydrogen (secondary N) is 1. The molecule has 1 aliphatic heterocycles. The lowest BCUT2D eigenvalue weighted by Gasteiger charge is -2.43. The molecule has 242 valence electrons. The second-order valence-corrected chi connectivity index (χ2v) is 14.3. The van der Waals surface area contributed by atoms with Crippen LogP contribution in [0, 0.1) is 0 Å². The highest BCUT2D eigenvalue weighted by Gasteiger charge is 2.42. The van der Waals surface area contributed by atoms with Crippen molar-refractivity contribution in [1.82, 2.24) is 5.32 Å². The number of nitrogens with two attached hydrogens (primary N) is 1. The summed E-state index contributed by atoms with van der Waals surface area (Å²) in [7, 11) is 0. The third-order valence-corrected chi connectivity index (χ3v) is 10.6. The van der Waals surface area contributed by atoms with Crippen LogP contribution in [0.1, 0.15) is 79.0 Å². The number of fused-ring (bicyclic) bond motifs is 5. The van der Waals surface area contributed by atoms with Crippen molar-refractivity contribution in [2.45, 2.75) is 50.9 Å². The maximum Gasteiger partial charge on any atom is 0.127 e. The van der Waals surface area contributed by atoms with Gasteiger partial charge in [-0.15, -0.1) is 0 Å². The third kappa shape index (κ3) is 5.29. The van der Waals surface area contributed by atoms with Gasteiger partial charge in [-0.2, -0.15) is 0 Å². The lowest BCUT2D eigenvalue weighted by atomic mass is 9.72. The predicted molar refractivity (Wildman–Crippen MR) is 204 cm³/mol. The molecule has 2 aliphatic rings. The van der Waals surface area contributed by atoms with Gasteiger partial charge in [-0.05, 0) is 80.4 Å². The molecule has 2 atom stereocenters. The molecule has 3 N–H and O–H groups in total. The average molecular weight is 639 g/mol. The summed E-state index contributed by atoms with van der Waals surface area (Å²) >= 11 is 0. The van der Waals surface area contributed by atoms with Gasteiger partial charge in [-0.1, -0.05) is 143 Å². The smallest absolute Gasteiger partial charge is 0.127 e. The van der Waals surface area contributed by atoms with E-state index in [2.05, 4.69) is 135 Å². The Morgan fingerprint density at radius 2 is 1.18 bits per heavy atom. The van der Waals surface area contributed by atoms with Crippen molar-refractivity contribution in [2.75, 3.05) is 4.90 Å². The maximum atomic E-state index is 6.69. The van der Waals surface area contributed by atoms with Gasteiger partial charge in [0.2, 0.25) is 0 Å². The van der Waals surface area contributed by atoms with E-state index in [4.69, 9.17) is 10.7 Å². The van der Waals surface area contributed by atoms with Crippen LogP contribution in [0.4, 0.5) is 17.1 Å². The quantitative estimate of drug-likeness (QED) is 0.135. The molecular weight excluding hydrogens is 597 g/mol. The van der Waals surface area contributed by atoms with Crippen LogP contribution in [-0.2, 0) is 10.8 Å². The molecule has 0 amide bonds. The Morgan fingerprint density at radius 3 is 1.92 bits per heavy atom. The summed E-state index contributed by atoms with van der Waals surface area (Å²) in [4.78, 5) is 7.46. The zero-order chi connectivity index (χ0) is 33.8. The van der Waals surface area contributed by atoms with E-state index in [-0.39, 0.29) is 23.2 Å². The Bertz CT molecular complexity index is 2160. The van der Waals surface area contributed by atoms with Crippen molar-refractivity contribution >= 4 is 23.3 Å². The second-order valence-electron chi connectivity index (χ2n) is 14.3. The van der Waals surface area contributed by atoms with Crippen molar-refractivity contribution in [3.8, 4) is 11.1 Å². The standard InChI is InChI=1S/C45H42N4/c1-44(2)36-20-12-11-19-34(36)35-27-39-41(28-38(35)44)49(40-22-14-13-21-37(40)45(39,3)4)33-25-23-32(24-26-33)43(47-29-30-15-7-5-8-16-30)48-42(46)31-17-9-6-10-18-31/h5-29,42-43,48H,46H2,1-4H3/b47-29+. The van der Waals surface area contributed by atoms with Crippen LogP contribution in [0.2, 0.25) is 0 Å². The minimum Gasteiger partial charge on any atom is -0.312 e. The predicted octanol–water partition coefficient (Wildman–Crippen LogP) is 10.5. The van der Waals surface area contributed by atoms with Gasteiger partial charge in [0.25, 0.3) is 0 Å². The molecular formula is C45H42N4. The Kier molecular flexibility index (Phi) is 7.59. The van der Waals surface area contributed by atoms with E-state index in [1.165, 1.54) is 44.8 Å². The van der Waals surface area contributed by atoms with E-state index in [0.29, 0.717) is 0 Å². The number of rotatable bonds is 7. The summed E-state index contributed by atoms with van der Waals surface area (Å²) in [5, 5.41) is 3.57. The number of benzene rings is 6. The molecule has 0 radical (unpaired) electrons. The first-order valence-corrected chi connectivity index (χ1v) is 17.2. The van der Waals surface area contributed by atoms with Gasteiger partial charge in [0, 0.05) is 22.7 Å². The lowest BCUT2D eigenvalue weighted by Crippen LogP contribution is -2.32. The van der Waals surface area contributed by atoms with Gasteiger partial charge < -0.3 is 10.6 Å². The number of hydrogen-bond acceptors (Lipinski definition) is 4. The summed E-state index contributed by atoms with van der Waals surface area (Å²) in [5.74, 6) is 0. The fourth-order valence-electron chi connectivity index (χ4n) is 7.83. The highest BCUT2D eigenvalue weighted by molar-refractivity contribution is 5.91. The fraction of sp³-hybridized carbons (Fsp3) is 0.178. The first-order chi connectivity index (χ1) is 23.7. The average Bonchev–Trinajstić information content (AvgIpc) is 3.36. The Hall–Kier alpha value is -5.29. The van der Waals surface area contributed by atoms with Gasteiger partial charge in [-0.25, -0.2) is 0 Å². The molecule has 4 heteroatoms. The number of aliphatic imine (C=N–C) groups is 1. The van der Waals surface area contributed by atoms with E-state index in [1.54, 1.807) is 0 Å². The summed E-state index contributed by atoms with van der Waals surface area (Å²) < 4.78 is 0. The van der Waals surface area contributed by atoms with Gasteiger partial charge in [0.05, 0.1) is 17.5 Å². The van der Waals surface area contributed by atoms with Crippen LogP contribution in [0.15, 0.2) is 151 Å². The minimum atomic E-state index is -0.378. The summed E-state index contributed by atoms with van der Waals surface area (Å²) in [6.07, 6.45) is 1.20. The molecule has 0 spiro atoms. The normalized spacial score (nSPS) is 16.4. The van der Waals surface area contributed by atoms with Crippen molar-refractivity contribution in [1.29, 1.82) is 0 Å². The zero-order valence-corrected chi connectivity index (χ0v) is 28.6. The van der Waals surface area contributed by atoms with Crippen LogP contribution in [0.3, 0.4) is 0 Å². The van der Waals surface area contributed by atoms with Gasteiger partial charge in [0.15, 0.2) is 0 Å². The van der Waals surface area contributed by atoms with E-state index in [1.807, 2.05) is 54.7 Å². The van der Waals surface area contributed by atoms with Gasteiger partial charge >= 0.3 is 0 Å². The topological polar surface area (TPSA) is 53.6 Å². The fourth-order valence-corrected chi connectivity index (χ4v) is 7.83. The molecule has 2 unspecified atom stereocenters. The molecule has 1 aliphatic carbocycles. The molecule has 0 saturated heterocycles.